The summed E-state index contributed by atoms with van der Waals surface area (Å²) >= 11 is 0. The predicted molar refractivity (Wildman–Crippen MR) is 113 cm³/mol. The average molecular weight is 425 g/mol. The molecule has 1 N–H and O–H groups in total. The Hall–Kier alpha value is -2.18. The van der Waals surface area contributed by atoms with Gasteiger partial charge in [0.1, 0.15) is 17.4 Å². The van der Waals surface area contributed by atoms with Gasteiger partial charge in [-0.05, 0) is 68.6 Å². The van der Waals surface area contributed by atoms with Gasteiger partial charge in [-0.25, -0.2) is 8.78 Å². The van der Waals surface area contributed by atoms with Crippen molar-refractivity contribution in [2.75, 3.05) is 33.8 Å². The number of halogens is 3. The van der Waals surface area contributed by atoms with Crippen LogP contribution in [-0.4, -0.2) is 44.6 Å². The van der Waals surface area contributed by atoms with Crippen molar-refractivity contribution < 1.29 is 18.3 Å². The van der Waals surface area contributed by atoms with Gasteiger partial charge in [0, 0.05) is 24.7 Å². The number of carbonyl (C=O) groups is 1. The van der Waals surface area contributed by atoms with Crippen LogP contribution in [0.2, 0.25) is 0 Å². The Morgan fingerprint density at radius 3 is 2.45 bits per heavy atom. The molecule has 4 nitrogen and oxygen atoms in total. The maximum absolute atomic E-state index is 14.7. The van der Waals surface area contributed by atoms with E-state index in [9.17, 15) is 13.6 Å². The molecule has 1 saturated heterocycles. The van der Waals surface area contributed by atoms with Crippen LogP contribution in [0.25, 0.3) is 11.1 Å². The van der Waals surface area contributed by atoms with Gasteiger partial charge in [0.25, 0.3) is 5.91 Å². The topological polar surface area (TPSA) is 41.6 Å². The summed E-state index contributed by atoms with van der Waals surface area (Å²) in [6, 6.07) is 8.67. The molecule has 29 heavy (non-hydrogen) atoms. The molecular formula is C22H27ClF2N2O2. The lowest BCUT2D eigenvalue weighted by molar-refractivity contribution is 0.0682. The summed E-state index contributed by atoms with van der Waals surface area (Å²) in [7, 11) is 3.39. The van der Waals surface area contributed by atoms with E-state index in [0.29, 0.717) is 30.3 Å². The third-order valence-corrected chi connectivity index (χ3v) is 5.39. The van der Waals surface area contributed by atoms with Gasteiger partial charge in [-0.15, -0.1) is 12.4 Å². The number of hydrogen-bond acceptors (Lipinski definition) is 3. The summed E-state index contributed by atoms with van der Waals surface area (Å²) < 4.78 is 33.9. The van der Waals surface area contributed by atoms with Gasteiger partial charge in [-0.2, -0.15) is 0 Å². The zero-order valence-corrected chi connectivity index (χ0v) is 17.5. The van der Waals surface area contributed by atoms with Gasteiger partial charge in [0.15, 0.2) is 0 Å². The number of nitrogens with zero attached hydrogens (tertiary/aromatic N) is 1. The van der Waals surface area contributed by atoms with E-state index >= 15 is 0 Å². The number of carbonyl (C=O) groups excluding carboxylic acids is 1. The molecule has 0 saturated carbocycles. The standard InChI is InChI=1S/C22H26F2N2O2.ClH/c1-25-10-7-15-8-11-26(12-9-15)22(27)19-5-3-16(13-20(19)23)18-6-4-17(28-2)14-21(18)24;/h3-6,13-15,25H,7-12H2,1-2H3;1H. The number of ether oxygens (including phenoxy) is 1. The van der Waals surface area contributed by atoms with Crippen molar-refractivity contribution in [2.45, 2.75) is 19.3 Å². The van der Waals surface area contributed by atoms with E-state index in [0.717, 1.165) is 25.8 Å². The molecule has 0 unspecified atom stereocenters. The number of likely N-dealkylation sites (tertiary alicyclic amines) is 1. The summed E-state index contributed by atoms with van der Waals surface area (Å²) in [6.45, 7) is 2.25. The second-order valence-electron chi connectivity index (χ2n) is 7.17. The first-order chi connectivity index (χ1) is 13.5. The van der Waals surface area contributed by atoms with E-state index < -0.39 is 11.6 Å². The van der Waals surface area contributed by atoms with Crippen molar-refractivity contribution in [1.29, 1.82) is 0 Å². The number of nitrogens with one attached hydrogen (secondary N) is 1. The van der Waals surface area contributed by atoms with Crippen LogP contribution >= 0.6 is 12.4 Å². The van der Waals surface area contributed by atoms with Gasteiger partial charge < -0.3 is 15.0 Å². The fraction of sp³-hybridized carbons (Fsp3) is 0.409. The van der Waals surface area contributed by atoms with Crippen molar-refractivity contribution in [3.63, 3.8) is 0 Å². The van der Waals surface area contributed by atoms with Crippen LogP contribution in [0.4, 0.5) is 8.78 Å². The van der Waals surface area contributed by atoms with Crippen molar-refractivity contribution >= 4 is 18.3 Å². The first kappa shape index (κ1) is 23.1. The Labute approximate surface area is 176 Å². The molecule has 2 aromatic carbocycles. The summed E-state index contributed by atoms with van der Waals surface area (Å²) in [5, 5.41) is 3.15. The van der Waals surface area contributed by atoms with E-state index in [2.05, 4.69) is 5.32 Å². The first-order valence-corrected chi connectivity index (χ1v) is 9.60. The predicted octanol–water partition coefficient (Wildman–Crippen LogP) is 4.52. The van der Waals surface area contributed by atoms with Crippen LogP contribution in [0, 0.1) is 17.6 Å². The molecule has 0 atom stereocenters. The van der Waals surface area contributed by atoms with Crippen LogP contribution in [0.1, 0.15) is 29.6 Å². The zero-order valence-electron chi connectivity index (χ0n) is 16.7. The molecule has 1 aliphatic rings. The van der Waals surface area contributed by atoms with Crippen LogP contribution in [-0.2, 0) is 0 Å². The molecule has 0 aliphatic carbocycles. The molecule has 0 spiro atoms. The normalized spacial score (nSPS) is 14.4. The third-order valence-electron chi connectivity index (χ3n) is 5.39. The fourth-order valence-corrected chi connectivity index (χ4v) is 3.66. The van der Waals surface area contributed by atoms with Crippen molar-refractivity contribution in [3.8, 4) is 16.9 Å². The quantitative estimate of drug-likeness (QED) is 0.741. The van der Waals surface area contributed by atoms with E-state index in [4.69, 9.17) is 4.74 Å². The van der Waals surface area contributed by atoms with E-state index in [1.54, 1.807) is 23.1 Å². The Bertz CT molecular complexity index is 840. The fourth-order valence-electron chi connectivity index (χ4n) is 3.66. The van der Waals surface area contributed by atoms with Crippen molar-refractivity contribution in [3.05, 3.63) is 53.6 Å². The van der Waals surface area contributed by atoms with Crippen LogP contribution < -0.4 is 10.1 Å². The Kier molecular flexibility index (Phi) is 8.41. The number of benzene rings is 2. The maximum Gasteiger partial charge on any atom is 0.256 e. The lowest BCUT2D eigenvalue weighted by atomic mass is 9.93. The first-order valence-electron chi connectivity index (χ1n) is 9.60. The molecule has 0 bridgehead atoms. The molecule has 7 heteroatoms. The lowest BCUT2D eigenvalue weighted by Gasteiger charge is -2.32. The monoisotopic (exact) mass is 424 g/mol. The number of methoxy groups -OCH3 is 1. The minimum absolute atomic E-state index is 0. The molecule has 0 radical (unpaired) electrons. The molecule has 158 valence electrons. The molecule has 2 aromatic rings. The number of rotatable bonds is 6. The van der Waals surface area contributed by atoms with Gasteiger partial charge in [-0.1, -0.05) is 6.07 Å². The van der Waals surface area contributed by atoms with Gasteiger partial charge in [0.2, 0.25) is 0 Å². The molecule has 1 heterocycles. The molecule has 0 aromatic heterocycles. The summed E-state index contributed by atoms with van der Waals surface area (Å²) in [6.07, 6.45) is 2.96. The van der Waals surface area contributed by atoms with Crippen molar-refractivity contribution in [1.82, 2.24) is 10.2 Å². The second-order valence-corrected chi connectivity index (χ2v) is 7.17. The summed E-state index contributed by atoms with van der Waals surface area (Å²) in [5.74, 6) is -0.434. The molecule has 1 amide bonds. The molecule has 1 fully saturated rings. The Morgan fingerprint density at radius 1 is 1.14 bits per heavy atom. The minimum atomic E-state index is -0.630. The van der Waals surface area contributed by atoms with E-state index in [-0.39, 0.29) is 29.4 Å². The second kappa shape index (κ2) is 10.6. The maximum atomic E-state index is 14.7. The van der Waals surface area contributed by atoms with E-state index in [1.807, 2.05) is 7.05 Å². The highest BCUT2D eigenvalue weighted by atomic mass is 35.5. The highest BCUT2D eigenvalue weighted by Gasteiger charge is 2.25. The lowest BCUT2D eigenvalue weighted by Crippen LogP contribution is -2.39. The molecule has 1 aliphatic heterocycles. The largest absolute Gasteiger partial charge is 0.497 e. The van der Waals surface area contributed by atoms with Crippen molar-refractivity contribution in [2.24, 2.45) is 5.92 Å². The Morgan fingerprint density at radius 2 is 1.86 bits per heavy atom. The summed E-state index contributed by atoms with van der Waals surface area (Å²) in [5.41, 5.74) is 0.690. The van der Waals surface area contributed by atoms with Crippen LogP contribution in [0.15, 0.2) is 36.4 Å². The SMILES string of the molecule is CNCCC1CCN(C(=O)c2ccc(-c3ccc(OC)cc3F)cc2F)CC1.Cl. The average Bonchev–Trinajstić information content (AvgIpc) is 2.72. The highest BCUT2D eigenvalue weighted by molar-refractivity contribution is 5.95. The number of amides is 1. The summed E-state index contributed by atoms with van der Waals surface area (Å²) in [4.78, 5) is 14.4. The van der Waals surface area contributed by atoms with E-state index in [1.165, 1.54) is 25.3 Å². The van der Waals surface area contributed by atoms with Gasteiger partial charge in [-0.3, -0.25) is 4.79 Å². The van der Waals surface area contributed by atoms with Gasteiger partial charge >= 0.3 is 0 Å². The van der Waals surface area contributed by atoms with Crippen LogP contribution in [0.3, 0.4) is 0 Å². The van der Waals surface area contributed by atoms with Gasteiger partial charge in [0.05, 0.1) is 12.7 Å². The minimum Gasteiger partial charge on any atom is -0.497 e. The third kappa shape index (κ3) is 5.46. The molecular weight excluding hydrogens is 398 g/mol. The number of hydrogen-bond donors (Lipinski definition) is 1. The smallest absolute Gasteiger partial charge is 0.256 e. The highest BCUT2D eigenvalue weighted by Crippen LogP contribution is 2.28. The zero-order chi connectivity index (χ0) is 20.1. The van der Waals surface area contributed by atoms with Crippen LogP contribution in [0.5, 0.6) is 5.75 Å². The molecule has 3 rings (SSSR count). The Balaban J connectivity index is 0.00000300. The number of piperidine rings is 1.